The molecule has 1 aromatic heterocycles. The summed E-state index contributed by atoms with van der Waals surface area (Å²) in [5, 5.41) is 6.74. The van der Waals surface area contributed by atoms with Gasteiger partial charge in [0.05, 0.1) is 5.56 Å². The second kappa shape index (κ2) is 5.27. The predicted octanol–water partition coefficient (Wildman–Crippen LogP) is 1.86. The van der Waals surface area contributed by atoms with Gasteiger partial charge in [0, 0.05) is 5.38 Å². The summed E-state index contributed by atoms with van der Waals surface area (Å²) >= 11 is 1.36. The molecule has 0 radical (unpaired) electrons. The molecule has 22 heavy (non-hydrogen) atoms. The summed E-state index contributed by atoms with van der Waals surface area (Å²) in [4.78, 5) is 36.7. The summed E-state index contributed by atoms with van der Waals surface area (Å²) in [7, 11) is 0. The van der Waals surface area contributed by atoms with Gasteiger partial charge in [0.25, 0.3) is 11.8 Å². The van der Waals surface area contributed by atoms with Gasteiger partial charge in [-0.1, -0.05) is 30.3 Å². The fourth-order valence-corrected chi connectivity index (χ4v) is 2.90. The van der Waals surface area contributed by atoms with Crippen molar-refractivity contribution < 1.29 is 14.4 Å². The molecule has 1 aliphatic rings. The van der Waals surface area contributed by atoms with Crippen LogP contribution in [0.2, 0.25) is 0 Å². The van der Waals surface area contributed by atoms with E-state index < -0.39 is 23.4 Å². The van der Waals surface area contributed by atoms with Gasteiger partial charge in [-0.25, -0.2) is 4.79 Å². The highest BCUT2D eigenvalue weighted by Gasteiger charge is 2.50. The number of nitrogens with one attached hydrogen (secondary N) is 2. The maximum Gasteiger partial charge on any atom is 0.344 e. The Kier molecular flexibility index (Phi) is 3.42. The Labute approximate surface area is 130 Å². The summed E-state index contributed by atoms with van der Waals surface area (Å²) in [6.45, 7) is 1.61. The van der Waals surface area contributed by atoms with E-state index in [1.54, 1.807) is 48.0 Å². The summed E-state index contributed by atoms with van der Waals surface area (Å²) < 4.78 is 0. The highest BCUT2D eigenvalue weighted by molar-refractivity contribution is 7.08. The monoisotopic (exact) mass is 315 g/mol. The summed E-state index contributed by atoms with van der Waals surface area (Å²) in [6, 6.07) is 9.86. The first-order chi connectivity index (χ1) is 10.5. The van der Waals surface area contributed by atoms with E-state index >= 15 is 0 Å². The van der Waals surface area contributed by atoms with Gasteiger partial charge in [-0.3, -0.25) is 15.0 Å². The average Bonchev–Trinajstić information content (AvgIpc) is 3.12. The van der Waals surface area contributed by atoms with E-state index in [2.05, 4.69) is 10.7 Å². The Hall–Kier alpha value is -2.67. The molecule has 1 aliphatic heterocycles. The van der Waals surface area contributed by atoms with Crippen molar-refractivity contribution in [2.75, 3.05) is 0 Å². The average molecular weight is 315 g/mol. The molecule has 1 aromatic carbocycles. The Morgan fingerprint density at radius 3 is 2.59 bits per heavy atom. The lowest BCUT2D eigenvalue weighted by atomic mass is 9.92. The van der Waals surface area contributed by atoms with Crippen molar-refractivity contribution in [1.29, 1.82) is 0 Å². The van der Waals surface area contributed by atoms with Crippen molar-refractivity contribution in [3.8, 4) is 0 Å². The molecule has 0 unspecified atom stereocenters. The molecule has 2 heterocycles. The van der Waals surface area contributed by atoms with Crippen LogP contribution in [0.15, 0.2) is 47.2 Å². The van der Waals surface area contributed by atoms with Gasteiger partial charge < -0.3 is 5.32 Å². The number of nitrogens with zero attached hydrogens (tertiary/aromatic N) is 1. The number of urea groups is 1. The quantitative estimate of drug-likeness (QED) is 0.849. The first-order valence-corrected chi connectivity index (χ1v) is 7.52. The maximum absolute atomic E-state index is 12.6. The molecule has 0 aliphatic carbocycles. The van der Waals surface area contributed by atoms with E-state index in [4.69, 9.17) is 0 Å². The number of hydrazine groups is 1. The van der Waals surface area contributed by atoms with Crippen LogP contribution in [0.25, 0.3) is 0 Å². The van der Waals surface area contributed by atoms with Crippen LogP contribution < -0.4 is 10.7 Å². The Balaban J connectivity index is 1.84. The molecule has 1 fully saturated rings. The number of thiophene rings is 1. The molecule has 0 spiro atoms. The highest BCUT2D eigenvalue weighted by atomic mass is 32.1. The van der Waals surface area contributed by atoms with Crippen LogP contribution in [0.5, 0.6) is 0 Å². The summed E-state index contributed by atoms with van der Waals surface area (Å²) in [5.74, 6) is -1.02. The van der Waals surface area contributed by atoms with Crippen LogP contribution in [0.1, 0.15) is 22.8 Å². The number of benzene rings is 1. The van der Waals surface area contributed by atoms with Crippen LogP contribution in [0, 0.1) is 0 Å². The fourth-order valence-electron chi connectivity index (χ4n) is 2.27. The molecular formula is C15H13N3O3S. The van der Waals surface area contributed by atoms with Gasteiger partial charge in [0.1, 0.15) is 5.54 Å². The highest BCUT2D eigenvalue weighted by Crippen LogP contribution is 2.27. The number of hydrogen-bond acceptors (Lipinski definition) is 4. The second-order valence-corrected chi connectivity index (χ2v) is 5.79. The lowest BCUT2D eigenvalue weighted by Crippen LogP contribution is -2.47. The topological polar surface area (TPSA) is 78.5 Å². The molecule has 3 rings (SSSR count). The third-order valence-corrected chi connectivity index (χ3v) is 4.22. The van der Waals surface area contributed by atoms with Crippen LogP contribution in [-0.4, -0.2) is 22.9 Å². The van der Waals surface area contributed by atoms with E-state index in [1.807, 2.05) is 6.07 Å². The third kappa shape index (κ3) is 2.25. The normalized spacial score (nSPS) is 20.9. The minimum atomic E-state index is -1.19. The Morgan fingerprint density at radius 1 is 1.23 bits per heavy atom. The number of carbonyl (C=O) groups is 3. The predicted molar refractivity (Wildman–Crippen MR) is 81.0 cm³/mol. The van der Waals surface area contributed by atoms with Crippen LogP contribution in [-0.2, 0) is 10.3 Å². The Bertz CT molecular complexity index is 730. The van der Waals surface area contributed by atoms with Gasteiger partial charge in [-0.05, 0) is 23.9 Å². The molecule has 6 nitrogen and oxygen atoms in total. The van der Waals surface area contributed by atoms with E-state index in [9.17, 15) is 14.4 Å². The number of carbonyl (C=O) groups excluding carboxylic acids is 3. The van der Waals surface area contributed by atoms with E-state index in [1.165, 1.54) is 11.3 Å². The molecule has 0 saturated carbocycles. The number of rotatable bonds is 3. The SMILES string of the molecule is C[C@]1(c2ccccc2)NC(=O)N(NC(=O)c2ccsc2)C1=O. The molecule has 1 atom stereocenters. The Morgan fingerprint density at radius 2 is 1.95 bits per heavy atom. The van der Waals surface area contributed by atoms with Crippen LogP contribution in [0.3, 0.4) is 0 Å². The largest absolute Gasteiger partial charge is 0.344 e. The molecule has 112 valence electrons. The number of amides is 4. The zero-order valence-electron chi connectivity index (χ0n) is 11.7. The van der Waals surface area contributed by atoms with E-state index in [0.717, 1.165) is 5.01 Å². The zero-order chi connectivity index (χ0) is 15.7. The van der Waals surface area contributed by atoms with Gasteiger partial charge in [0.2, 0.25) is 0 Å². The maximum atomic E-state index is 12.6. The summed E-state index contributed by atoms with van der Waals surface area (Å²) in [6.07, 6.45) is 0. The number of imide groups is 1. The molecule has 4 amide bonds. The zero-order valence-corrected chi connectivity index (χ0v) is 12.5. The lowest BCUT2D eigenvalue weighted by Gasteiger charge is -2.22. The second-order valence-electron chi connectivity index (χ2n) is 5.01. The molecule has 0 bridgehead atoms. The molecule has 7 heteroatoms. The van der Waals surface area contributed by atoms with Crippen molar-refractivity contribution in [1.82, 2.24) is 15.8 Å². The van der Waals surface area contributed by atoms with Crippen molar-refractivity contribution in [3.05, 3.63) is 58.3 Å². The first-order valence-electron chi connectivity index (χ1n) is 6.58. The van der Waals surface area contributed by atoms with Crippen molar-refractivity contribution in [3.63, 3.8) is 0 Å². The van der Waals surface area contributed by atoms with Crippen molar-refractivity contribution >= 4 is 29.2 Å². The molecule has 2 N–H and O–H groups in total. The summed E-state index contributed by atoms with van der Waals surface area (Å²) in [5.41, 5.74) is 2.21. The molecule has 1 saturated heterocycles. The van der Waals surface area contributed by atoms with Crippen molar-refractivity contribution in [2.45, 2.75) is 12.5 Å². The van der Waals surface area contributed by atoms with Gasteiger partial charge in [0.15, 0.2) is 0 Å². The number of hydrogen-bond donors (Lipinski definition) is 2. The molecule has 2 aromatic rings. The minimum absolute atomic E-state index is 0.402. The first kappa shape index (κ1) is 14.3. The minimum Gasteiger partial charge on any atom is -0.318 e. The van der Waals surface area contributed by atoms with E-state index in [0.29, 0.717) is 11.1 Å². The van der Waals surface area contributed by atoms with Crippen molar-refractivity contribution in [2.24, 2.45) is 0 Å². The molecular weight excluding hydrogens is 302 g/mol. The van der Waals surface area contributed by atoms with E-state index in [-0.39, 0.29) is 0 Å². The van der Waals surface area contributed by atoms with Crippen LogP contribution >= 0.6 is 11.3 Å². The van der Waals surface area contributed by atoms with Crippen LogP contribution in [0.4, 0.5) is 4.79 Å². The van der Waals surface area contributed by atoms with Gasteiger partial charge in [-0.15, -0.1) is 0 Å². The third-order valence-electron chi connectivity index (χ3n) is 3.54. The van der Waals surface area contributed by atoms with Gasteiger partial charge >= 0.3 is 6.03 Å². The standard InChI is InChI=1S/C15H13N3O3S/c1-15(11-5-3-2-4-6-11)13(20)18(14(21)16-15)17-12(19)10-7-8-22-9-10/h2-9H,1H3,(H,16,21)(H,17,19)/t15-/m1/s1. The smallest absolute Gasteiger partial charge is 0.318 e. The fraction of sp³-hybridized carbons (Fsp3) is 0.133. The van der Waals surface area contributed by atoms with Gasteiger partial charge in [-0.2, -0.15) is 16.3 Å². The lowest BCUT2D eigenvalue weighted by molar-refractivity contribution is -0.132.